The molecule has 0 aliphatic carbocycles. The van der Waals surface area contributed by atoms with Gasteiger partial charge in [0.1, 0.15) is 6.04 Å². The van der Waals surface area contributed by atoms with Crippen LogP contribution in [0, 0.1) is 5.41 Å². The van der Waals surface area contributed by atoms with E-state index in [0.29, 0.717) is 0 Å². The highest BCUT2D eigenvalue weighted by Gasteiger charge is 2.31. The van der Waals surface area contributed by atoms with Crippen molar-refractivity contribution in [1.82, 2.24) is 10.6 Å². The molecule has 2 amide bonds. The second-order valence-corrected chi connectivity index (χ2v) is 5.41. The quantitative estimate of drug-likeness (QED) is 0.603. The van der Waals surface area contributed by atoms with E-state index in [-0.39, 0.29) is 3.79 Å². The van der Waals surface area contributed by atoms with Crippen LogP contribution in [0.2, 0.25) is 0 Å². The van der Waals surface area contributed by atoms with Crippen LogP contribution in [0.25, 0.3) is 0 Å². The zero-order valence-corrected chi connectivity index (χ0v) is 11.5. The minimum absolute atomic E-state index is 0.239. The molecule has 4 nitrogen and oxygen atoms in total. The summed E-state index contributed by atoms with van der Waals surface area (Å²) in [5, 5.41) is 4.36. The molecule has 0 spiro atoms. The van der Waals surface area contributed by atoms with Crippen LogP contribution < -0.4 is 10.6 Å². The third kappa shape index (κ3) is 6.19. The molecule has 1 unspecified atom stereocenters. The smallest absolute Gasteiger partial charge is 0.315 e. The molecule has 94 valence electrons. The number of carbonyl (C=O) groups is 2. The van der Waals surface area contributed by atoms with Crippen LogP contribution in [0.5, 0.6) is 0 Å². The van der Waals surface area contributed by atoms with Gasteiger partial charge in [0.2, 0.25) is 3.79 Å². The third-order valence-electron chi connectivity index (χ3n) is 1.79. The first-order chi connectivity index (χ1) is 7.14. The Balaban J connectivity index is 4.32. The highest BCUT2D eigenvalue weighted by molar-refractivity contribution is 14.1. The van der Waals surface area contributed by atoms with Gasteiger partial charge in [-0.05, 0) is 5.41 Å². The molecule has 0 rings (SSSR count). The van der Waals surface area contributed by atoms with Crippen LogP contribution in [0.1, 0.15) is 20.8 Å². The lowest BCUT2D eigenvalue weighted by Gasteiger charge is -2.28. The average Bonchev–Trinajstić information content (AvgIpc) is 2.08. The SMILES string of the molecule is CC(C)(C)C(NC(=O)NCC(F)F)C(=O)I. The van der Waals surface area contributed by atoms with Crippen molar-refractivity contribution in [3.05, 3.63) is 0 Å². The van der Waals surface area contributed by atoms with E-state index in [0.717, 1.165) is 0 Å². The molecule has 7 heteroatoms. The summed E-state index contributed by atoms with van der Waals surface area (Å²) in [5.74, 6) is 0. The minimum Gasteiger partial charge on any atom is -0.332 e. The Morgan fingerprint density at radius 2 is 1.81 bits per heavy atom. The molecule has 0 saturated heterocycles. The molecule has 0 aliphatic rings. The lowest BCUT2D eigenvalue weighted by Crippen LogP contribution is -2.51. The maximum Gasteiger partial charge on any atom is 0.315 e. The van der Waals surface area contributed by atoms with E-state index in [4.69, 9.17) is 0 Å². The van der Waals surface area contributed by atoms with E-state index in [1.807, 2.05) is 5.32 Å². The van der Waals surface area contributed by atoms with Gasteiger partial charge < -0.3 is 10.6 Å². The predicted molar refractivity (Wildman–Crippen MR) is 64.8 cm³/mol. The van der Waals surface area contributed by atoms with Gasteiger partial charge in [-0.2, -0.15) is 0 Å². The number of alkyl halides is 2. The number of rotatable bonds is 4. The molecule has 0 heterocycles. The molecule has 0 radical (unpaired) electrons. The average molecular weight is 348 g/mol. The molecule has 0 fully saturated rings. The second-order valence-electron chi connectivity index (χ2n) is 4.35. The zero-order valence-electron chi connectivity index (χ0n) is 9.31. The van der Waals surface area contributed by atoms with Crippen LogP contribution in [-0.2, 0) is 4.79 Å². The van der Waals surface area contributed by atoms with Crippen molar-refractivity contribution in [1.29, 1.82) is 0 Å². The van der Waals surface area contributed by atoms with Crippen molar-refractivity contribution in [3.8, 4) is 0 Å². The van der Waals surface area contributed by atoms with E-state index in [1.165, 1.54) is 0 Å². The molecule has 0 saturated carbocycles. The number of halogens is 3. The maximum absolute atomic E-state index is 11.8. The summed E-state index contributed by atoms with van der Waals surface area (Å²) < 4.78 is 23.4. The summed E-state index contributed by atoms with van der Waals surface area (Å²) in [7, 11) is 0. The maximum atomic E-state index is 11.8. The van der Waals surface area contributed by atoms with Crippen molar-refractivity contribution < 1.29 is 18.4 Å². The third-order valence-corrected chi connectivity index (χ3v) is 2.41. The van der Waals surface area contributed by atoms with Gasteiger partial charge in [-0.1, -0.05) is 20.8 Å². The topological polar surface area (TPSA) is 58.2 Å². The van der Waals surface area contributed by atoms with E-state index >= 15 is 0 Å². The molecule has 16 heavy (non-hydrogen) atoms. The van der Waals surface area contributed by atoms with Gasteiger partial charge in [-0.15, -0.1) is 0 Å². The first-order valence-electron chi connectivity index (χ1n) is 4.66. The molecular weight excluding hydrogens is 333 g/mol. The number of carbonyl (C=O) groups excluding carboxylic acids is 2. The normalized spacial score (nSPS) is 13.4. The molecule has 0 aliphatic heterocycles. The van der Waals surface area contributed by atoms with Gasteiger partial charge in [0.25, 0.3) is 6.43 Å². The van der Waals surface area contributed by atoms with Gasteiger partial charge >= 0.3 is 6.03 Å². The molecular formula is C9H15F2IN2O2. The first-order valence-corrected chi connectivity index (χ1v) is 5.74. The van der Waals surface area contributed by atoms with Crippen molar-refractivity contribution in [3.63, 3.8) is 0 Å². The number of hydrogen-bond acceptors (Lipinski definition) is 2. The largest absolute Gasteiger partial charge is 0.332 e. The molecule has 0 aromatic carbocycles. The predicted octanol–water partition coefficient (Wildman–Crippen LogP) is 1.93. The van der Waals surface area contributed by atoms with Crippen molar-refractivity contribution in [2.24, 2.45) is 5.41 Å². The lowest BCUT2D eigenvalue weighted by molar-refractivity contribution is -0.113. The lowest BCUT2D eigenvalue weighted by atomic mass is 9.88. The standard InChI is InChI=1S/C9H15F2IN2O2/c1-9(2,3)6(7(12)15)14-8(16)13-4-5(10)11/h5-6H,4H2,1-3H3,(H2,13,14,16). The van der Waals surface area contributed by atoms with E-state index < -0.39 is 30.5 Å². The second kappa shape index (κ2) is 6.31. The number of amides is 2. The summed E-state index contributed by atoms with van der Waals surface area (Å²) >= 11 is 1.58. The Labute approximate surface area is 107 Å². The van der Waals surface area contributed by atoms with Gasteiger partial charge in [0.05, 0.1) is 6.54 Å². The van der Waals surface area contributed by atoms with Gasteiger partial charge in [-0.25, -0.2) is 13.6 Å². The monoisotopic (exact) mass is 348 g/mol. The van der Waals surface area contributed by atoms with Crippen LogP contribution in [0.3, 0.4) is 0 Å². The Kier molecular flexibility index (Phi) is 6.13. The minimum atomic E-state index is -2.60. The van der Waals surface area contributed by atoms with Crippen LogP contribution >= 0.6 is 22.6 Å². The fourth-order valence-corrected chi connectivity index (χ4v) is 2.06. The van der Waals surface area contributed by atoms with Crippen LogP contribution in [0.4, 0.5) is 13.6 Å². The zero-order chi connectivity index (χ0) is 12.9. The van der Waals surface area contributed by atoms with Gasteiger partial charge in [0.15, 0.2) is 0 Å². The number of urea groups is 1. The molecule has 0 aromatic heterocycles. The molecule has 2 N–H and O–H groups in total. The van der Waals surface area contributed by atoms with Gasteiger partial charge in [0, 0.05) is 22.6 Å². The van der Waals surface area contributed by atoms with Crippen LogP contribution in [-0.4, -0.2) is 28.8 Å². The molecule has 0 aromatic rings. The summed E-state index contributed by atoms with van der Waals surface area (Å²) in [5.41, 5.74) is -0.458. The Morgan fingerprint density at radius 3 is 2.12 bits per heavy atom. The number of nitrogens with one attached hydrogen (secondary N) is 2. The Bertz CT molecular complexity index is 267. The summed E-state index contributed by atoms with van der Waals surface area (Å²) in [4.78, 5) is 22.5. The van der Waals surface area contributed by atoms with Crippen molar-refractivity contribution in [2.45, 2.75) is 33.2 Å². The highest BCUT2D eigenvalue weighted by Crippen LogP contribution is 2.21. The number of hydrogen-bond donors (Lipinski definition) is 2. The summed E-state index contributed by atoms with van der Waals surface area (Å²) in [6.07, 6.45) is -2.60. The fraction of sp³-hybridized carbons (Fsp3) is 0.778. The summed E-state index contributed by atoms with van der Waals surface area (Å²) in [6.45, 7) is 4.61. The van der Waals surface area contributed by atoms with Gasteiger partial charge in [-0.3, -0.25) is 4.79 Å². The Morgan fingerprint density at radius 1 is 1.31 bits per heavy atom. The highest BCUT2D eigenvalue weighted by atomic mass is 127. The fourth-order valence-electron chi connectivity index (χ4n) is 0.966. The van der Waals surface area contributed by atoms with Crippen molar-refractivity contribution in [2.75, 3.05) is 6.54 Å². The van der Waals surface area contributed by atoms with E-state index in [9.17, 15) is 18.4 Å². The molecule has 0 bridgehead atoms. The van der Waals surface area contributed by atoms with Crippen LogP contribution in [0.15, 0.2) is 0 Å². The van der Waals surface area contributed by atoms with Crippen molar-refractivity contribution >= 4 is 32.4 Å². The molecule has 1 atom stereocenters. The summed E-state index contributed by atoms with van der Waals surface area (Å²) in [6, 6.07) is -1.46. The first kappa shape index (κ1) is 15.5. The van der Waals surface area contributed by atoms with E-state index in [2.05, 4.69) is 5.32 Å². The Hall–Kier alpha value is -0.470. The van der Waals surface area contributed by atoms with E-state index in [1.54, 1.807) is 43.4 Å².